The minimum absolute atomic E-state index is 0.270. The van der Waals surface area contributed by atoms with Crippen molar-refractivity contribution in [3.8, 4) is 12.1 Å². The predicted molar refractivity (Wildman–Crippen MR) is 46.0 cm³/mol. The maximum absolute atomic E-state index is 11.4. The minimum Gasteiger partial charge on any atom is -0.854 e. The average molecular weight is 206 g/mol. The third-order valence-electron chi connectivity index (χ3n) is 1.87. The molecule has 8 heteroatoms. The van der Waals surface area contributed by atoms with Crippen LogP contribution in [0.4, 0.5) is 5.69 Å². The van der Waals surface area contributed by atoms with Crippen molar-refractivity contribution in [2.45, 2.75) is 0 Å². The van der Waals surface area contributed by atoms with Gasteiger partial charge in [0.15, 0.2) is 4.98 Å². The van der Waals surface area contributed by atoms with Crippen molar-refractivity contribution in [2.24, 2.45) is 19.1 Å². The average Bonchev–Trinajstić information content (AvgIpc) is 2.24. The van der Waals surface area contributed by atoms with Crippen LogP contribution < -0.4 is 16.3 Å². The predicted octanol–water partition coefficient (Wildman–Crippen LogP) is -1.34. The first-order valence-corrected chi connectivity index (χ1v) is 3.79. The summed E-state index contributed by atoms with van der Waals surface area (Å²) in [5.74, 6) is -0.811. The first-order chi connectivity index (χ1) is 7.04. The fraction of sp³-hybridized carbons (Fsp3) is 0.286. The molecule has 15 heavy (non-hydrogen) atoms. The Hall–Kier alpha value is -2.61. The van der Waals surface area contributed by atoms with Gasteiger partial charge in [0, 0.05) is 14.1 Å². The minimum atomic E-state index is -0.811. The quantitative estimate of drug-likeness (QED) is 0.386. The first-order valence-electron chi connectivity index (χ1n) is 3.79. The van der Waals surface area contributed by atoms with Crippen LogP contribution in [0.15, 0.2) is 9.79 Å². The van der Waals surface area contributed by atoms with Crippen LogP contribution in [-0.2, 0) is 14.1 Å². The van der Waals surface area contributed by atoms with Gasteiger partial charge in [0.05, 0.1) is 5.88 Å². The van der Waals surface area contributed by atoms with Gasteiger partial charge in [-0.2, -0.15) is 5.26 Å². The van der Waals surface area contributed by atoms with Gasteiger partial charge in [0.25, 0.3) is 0 Å². The van der Waals surface area contributed by atoms with Crippen LogP contribution in [0.3, 0.4) is 0 Å². The molecule has 0 fully saturated rings. The Bertz CT molecular complexity index is 609. The molecule has 1 heterocycles. The third kappa shape index (κ3) is 1.44. The van der Waals surface area contributed by atoms with Gasteiger partial charge >= 0.3 is 11.4 Å². The molecule has 0 bridgehead atoms. The number of aromatic nitrogens is 2. The van der Waals surface area contributed by atoms with Crippen molar-refractivity contribution in [3.05, 3.63) is 20.9 Å². The lowest BCUT2D eigenvalue weighted by molar-refractivity contribution is -0.278. The van der Waals surface area contributed by atoms with Crippen molar-refractivity contribution in [1.29, 1.82) is 10.7 Å². The normalized spacial score (nSPS) is 10.8. The Balaban J connectivity index is 4.01. The molecule has 8 nitrogen and oxygen atoms in total. The van der Waals surface area contributed by atoms with Crippen molar-refractivity contribution >= 4 is 5.69 Å². The Morgan fingerprint density at radius 1 is 1.47 bits per heavy atom. The van der Waals surface area contributed by atoms with Gasteiger partial charge in [-0.25, -0.2) is 4.79 Å². The topological polar surface area (TPSA) is 114 Å². The highest BCUT2D eigenvalue weighted by Crippen LogP contribution is 2.14. The van der Waals surface area contributed by atoms with E-state index in [9.17, 15) is 9.90 Å². The maximum Gasteiger partial charge on any atom is 0.436 e. The molecule has 1 rings (SSSR count). The zero-order chi connectivity index (χ0) is 11.6. The standard InChI is InChI=1S/C7H6N6O2/c1-12-5(10-3-8)4(11-9)6(14)13(2)7(12)15/h1-2H3. The van der Waals surface area contributed by atoms with E-state index in [1.54, 1.807) is 0 Å². The molecule has 0 aromatic carbocycles. The van der Waals surface area contributed by atoms with Crippen LogP contribution in [0.1, 0.15) is 0 Å². The second kappa shape index (κ2) is 3.64. The van der Waals surface area contributed by atoms with Crippen LogP contribution in [0.5, 0.6) is 5.88 Å². The number of hydrogen-bond acceptors (Lipinski definition) is 5. The number of diazo groups is 1. The second-order valence-corrected chi connectivity index (χ2v) is 2.69. The summed E-state index contributed by atoms with van der Waals surface area (Å²) in [5.41, 5.74) is -1.37. The molecule has 1 aromatic rings. The monoisotopic (exact) mass is 206 g/mol. The summed E-state index contributed by atoms with van der Waals surface area (Å²) in [5, 5.41) is 28.3. The number of nitrogens with zero attached hydrogens (tertiary/aromatic N) is 6. The zero-order valence-corrected chi connectivity index (χ0v) is 8.00. The summed E-state index contributed by atoms with van der Waals surface area (Å²) in [4.78, 5) is 17.3. The summed E-state index contributed by atoms with van der Waals surface area (Å²) in [6.07, 6.45) is 1.42. The molecule has 0 spiro atoms. The molecular formula is C7H6N6O2. The van der Waals surface area contributed by atoms with Crippen molar-refractivity contribution in [2.75, 3.05) is 0 Å². The van der Waals surface area contributed by atoms with E-state index < -0.39 is 17.3 Å². The molecule has 0 aliphatic rings. The fourth-order valence-electron chi connectivity index (χ4n) is 1.08. The van der Waals surface area contributed by atoms with Crippen LogP contribution in [0.25, 0.3) is 4.98 Å². The summed E-state index contributed by atoms with van der Waals surface area (Å²) < 4.78 is 1.70. The smallest absolute Gasteiger partial charge is 0.436 e. The van der Waals surface area contributed by atoms with E-state index in [1.165, 1.54) is 20.3 Å². The molecule has 0 amide bonds. The van der Waals surface area contributed by atoms with Crippen LogP contribution in [0, 0.1) is 16.8 Å². The molecule has 0 N–H and O–H groups in total. The summed E-state index contributed by atoms with van der Waals surface area (Å²) in [6.45, 7) is 0. The lowest BCUT2D eigenvalue weighted by atomic mass is 10.5. The van der Waals surface area contributed by atoms with E-state index in [2.05, 4.69) is 9.97 Å². The molecule has 0 atom stereocenters. The highest BCUT2D eigenvalue weighted by atomic mass is 16.3. The second-order valence-electron chi connectivity index (χ2n) is 2.69. The maximum atomic E-state index is 11.4. The largest absolute Gasteiger partial charge is 0.854 e. The molecule has 0 saturated heterocycles. The molecule has 0 radical (unpaired) electrons. The Morgan fingerprint density at radius 2 is 2.07 bits per heavy atom. The van der Waals surface area contributed by atoms with Crippen LogP contribution >= 0.6 is 0 Å². The molecule has 0 aliphatic heterocycles. The zero-order valence-electron chi connectivity index (χ0n) is 8.00. The van der Waals surface area contributed by atoms with Gasteiger partial charge in [0.2, 0.25) is 17.1 Å². The molecule has 0 unspecified atom stereocenters. The first kappa shape index (κ1) is 10.5. The molecule has 0 saturated carbocycles. The van der Waals surface area contributed by atoms with Crippen LogP contribution in [-0.4, -0.2) is 9.13 Å². The summed E-state index contributed by atoms with van der Waals surface area (Å²) >= 11 is 0. The van der Waals surface area contributed by atoms with Gasteiger partial charge in [-0.3, -0.25) is 4.57 Å². The lowest BCUT2D eigenvalue weighted by Gasteiger charge is -2.09. The fourth-order valence-corrected chi connectivity index (χ4v) is 1.08. The van der Waals surface area contributed by atoms with Gasteiger partial charge in [-0.15, -0.1) is 4.99 Å². The summed E-state index contributed by atoms with van der Waals surface area (Å²) in [6, 6.07) is 0. The van der Waals surface area contributed by atoms with E-state index in [1.807, 2.05) is 0 Å². The van der Waals surface area contributed by atoms with Crippen LogP contribution in [0.2, 0.25) is 0 Å². The van der Waals surface area contributed by atoms with Crippen molar-refractivity contribution < 1.29 is 5.11 Å². The van der Waals surface area contributed by atoms with Crippen molar-refractivity contribution in [1.82, 2.24) is 9.13 Å². The Morgan fingerprint density at radius 3 is 2.53 bits per heavy atom. The molecule has 76 valence electrons. The third-order valence-corrected chi connectivity index (χ3v) is 1.87. The van der Waals surface area contributed by atoms with E-state index in [0.717, 1.165) is 9.13 Å². The van der Waals surface area contributed by atoms with Crippen molar-refractivity contribution in [3.63, 3.8) is 0 Å². The van der Waals surface area contributed by atoms with Gasteiger partial charge in [-0.05, 0) is 0 Å². The van der Waals surface area contributed by atoms with E-state index in [4.69, 9.17) is 10.7 Å². The van der Waals surface area contributed by atoms with E-state index in [0.29, 0.717) is 0 Å². The SMILES string of the molecule is Cn1c([O-])c([N+]#N)c(=NC#N)n(C)c1=O. The highest BCUT2D eigenvalue weighted by molar-refractivity contribution is 5.49. The van der Waals surface area contributed by atoms with E-state index in [-0.39, 0.29) is 5.49 Å². The Labute approximate surface area is 83.6 Å². The number of rotatable bonds is 0. The van der Waals surface area contributed by atoms with Gasteiger partial charge in [-0.1, -0.05) is 0 Å². The van der Waals surface area contributed by atoms with Gasteiger partial charge in [0.1, 0.15) is 0 Å². The van der Waals surface area contributed by atoms with Gasteiger partial charge < -0.3 is 9.67 Å². The molecule has 0 aliphatic carbocycles. The molecule has 1 aromatic heterocycles. The number of hydrogen-bond donors (Lipinski definition) is 0. The number of nitriles is 1. The lowest BCUT2D eigenvalue weighted by Crippen LogP contribution is -2.38. The Kier molecular flexibility index (Phi) is 2.54. The summed E-state index contributed by atoms with van der Waals surface area (Å²) in [7, 11) is 2.54. The van der Waals surface area contributed by atoms with E-state index >= 15 is 0 Å². The highest BCUT2D eigenvalue weighted by Gasteiger charge is 2.17. The molecular weight excluding hydrogens is 200 g/mol.